The first-order chi connectivity index (χ1) is 8.74. The number of rotatable bonds is 6. The summed E-state index contributed by atoms with van der Waals surface area (Å²) in [6.45, 7) is 1.83. The monoisotopic (exact) mass is 270 g/mol. The van der Waals surface area contributed by atoms with E-state index in [0.717, 1.165) is 38.8 Å². The summed E-state index contributed by atoms with van der Waals surface area (Å²) in [5, 5.41) is 0. The number of nitrogens with zero attached hydrogens (tertiary/aromatic N) is 2. The Morgan fingerprint density at radius 3 is 2.89 bits per heavy atom. The molecular weight excluding hydrogens is 248 g/mol. The zero-order valence-corrected chi connectivity index (χ0v) is 11.9. The van der Waals surface area contributed by atoms with E-state index in [0.29, 0.717) is 6.54 Å². The molecule has 0 saturated carbocycles. The summed E-state index contributed by atoms with van der Waals surface area (Å²) in [5.41, 5.74) is 0. The molecule has 0 aromatic heterocycles. The Hall–Kier alpha value is -0.710. The minimum Gasteiger partial charge on any atom is -0.332 e. The van der Waals surface area contributed by atoms with Gasteiger partial charge in [-0.05, 0) is 37.7 Å². The first-order valence-corrected chi connectivity index (χ1v) is 8.20. The van der Waals surface area contributed by atoms with Crippen LogP contribution in [0.15, 0.2) is 0 Å². The molecule has 2 saturated heterocycles. The van der Waals surface area contributed by atoms with Gasteiger partial charge in [-0.25, -0.2) is 0 Å². The van der Waals surface area contributed by atoms with Crippen LogP contribution in [0.2, 0.25) is 0 Å². The average molecular weight is 270 g/mol. The highest BCUT2D eigenvalue weighted by atomic mass is 32.2. The van der Waals surface area contributed by atoms with Gasteiger partial charge in [0.2, 0.25) is 11.8 Å². The lowest BCUT2D eigenvalue weighted by atomic mass is 10.1. The summed E-state index contributed by atoms with van der Waals surface area (Å²) in [4.78, 5) is 27.6. The highest BCUT2D eigenvalue weighted by Gasteiger charge is 2.41. The molecule has 0 aromatic rings. The third kappa shape index (κ3) is 2.99. The van der Waals surface area contributed by atoms with E-state index in [4.69, 9.17) is 0 Å². The lowest BCUT2D eigenvalue weighted by Crippen LogP contribution is -2.57. The Morgan fingerprint density at radius 2 is 2.11 bits per heavy atom. The van der Waals surface area contributed by atoms with Crippen molar-refractivity contribution < 1.29 is 9.59 Å². The van der Waals surface area contributed by atoms with Crippen LogP contribution >= 0.6 is 11.8 Å². The Balaban J connectivity index is 1.78. The summed E-state index contributed by atoms with van der Waals surface area (Å²) in [7, 11) is 0. The maximum atomic E-state index is 12.2. The molecule has 2 amide bonds. The predicted octanol–water partition coefficient (Wildman–Crippen LogP) is 1.35. The van der Waals surface area contributed by atoms with Gasteiger partial charge in [0, 0.05) is 13.1 Å². The molecular formula is C13H22N2O2S. The second-order valence-electron chi connectivity index (χ2n) is 5.06. The van der Waals surface area contributed by atoms with E-state index in [1.54, 1.807) is 9.80 Å². The number of amides is 2. The standard InChI is InChI=1S/C13H22N2O2S/c1-18-9-4-2-3-7-14-10-12(16)15-8-5-6-11(15)13(14)17/h11H,2-10H2,1H3. The molecule has 2 aliphatic rings. The van der Waals surface area contributed by atoms with Crippen LogP contribution in [0.25, 0.3) is 0 Å². The molecule has 102 valence electrons. The lowest BCUT2D eigenvalue weighted by Gasteiger charge is -2.36. The fourth-order valence-electron chi connectivity index (χ4n) is 2.78. The van der Waals surface area contributed by atoms with Gasteiger partial charge in [0.05, 0.1) is 6.54 Å². The number of thioether (sulfide) groups is 1. The fraction of sp³-hybridized carbons (Fsp3) is 0.846. The molecule has 0 aromatic carbocycles. The zero-order chi connectivity index (χ0) is 13.0. The molecule has 18 heavy (non-hydrogen) atoms. The van der Waals surface area contributed by atoms with Gasteiger partial charge in [0.25, 0.3) is 0 Å². The number of hydrogen-bond acceptors (Lipinski definition) is 3. The van der Waals surface area contributed by atoms with E-state index in [1.165, 1.54) is 12.2 Å². The Morgan fingerprint density at radius 1 is 1.28 bits per heavy atom. The molecule has 1 unspecified atom stereocenters. The van der Waals surface area contributed by atoms with E-state index in [9.17, 15) is 9.59 Å². The first kappa shape index (κ1) is 13.7. The Kier molecular flexibility index (Phi) is 4.92. The van der Waals surface area contributed by atoms with Gasteiger partial charge >= 0.3 is 0 Å². The number of carbonyl (C=O) groups is 2. The van der Waals surface area contributed by atoms with Crippen molar-refractivity contribution in [2.24, 2.45) is 0 Å². The van der Waals surface area contributed by atoms with Gasteiger partial charge in [-0.3, -0.25) is 9.59 Å². The minimum absolute atomic E-state index is 0.140. The van der Waals surface area contributed by atoms with Gasteiger partial charge in [0.1, 0.15) is 6.04 Å². The van der Waals surface area contributed by atoms with Gasteiger partial charge in [0.15, 0.2) is 0 Å². The quantitative estimate of drug-likeness (QED) is 0.684. The number of hydrogen-bond donors (Lipinski definition) is 0. The lowest BCUT2D eigenvalue weighted by molar-refractivity contribution is -0.153. The van der Waals surface area contributed by atoms with E-state index < -0.39 is 0 Å². The largest absolute Gasteiger partial charge is 0.332 e. The van der Waals surface area contributed by atoms with Crippen LogP contribution < -0.4 is 0 Å². The van der Waals surface area contributed by atoms with Crippen molar-refractivity contribution in [2.45, 2.75) is 38.1 Å². The number of piperazine rings is 1. The normalized spacial score (nSPS) is 23.7. The summed E-state index contributed by atoms with van der Waals surface area (Å²) in [6.07, 6.45) is 7.31. The third-order valence-electron chi connectivity index (χ3n) is 3.77. The zero-order valence-electron chi connectivity index (χ0n) is 11.1. The average Bonchev–Trinajstić information content (AvgIpc) is 2.84. The van der Waals surface area contributed by atoms with Crippen molar-refractivity contribution in [3.8, 4) is 0 Å². The molecule has 2 aliphatic heterocycles. The van der Waals surface area contributed by atoms with Gasteiger partial charge in [-0.2, -0.15) is 11.8 Å². The second kappa shape index (κ2) is 6.45. The number of fused-ring (bicyclic) bond motifs is 1. The van der Waals surface area contributed by atoms with E-state index in [-0.39, 0.29) is 17.9 Å². The van der Waals surface area contributed by atoms with Crippen molar-refractivity contribution in [2.75, 3.05) is 31.6 Å². The van der Waals surface area contributed by atoms with Crippen LogP contribution in [0.1, 0.15) is 32.1 Å². The predicted molar refractivity (Wildman–Crippen MR) is 73.5 cm³/mol. The van der Waals surface area contributed by atoms with Crippen LogP contribution in [-0.2, 0) is 9.59 Å². The van der Waals surface area contributed by atoms with Crippen molar-refractivity contribution in [1.82, 2.24) is 9.80 Å². The van der Waals surface area contributed by atoms with Crippen LogP contribution in [0.5, 0.6) is 0 Å². The minimum atomic E-state index is -0.141. The fourth-order valence-corrected chi connectivity index (χ4v) is 3.27. The molecule has 0 radical (unpaired) electrons. The van der Waals surface area contributed by atoms with E-state index in [2.05, 4.69) is 6.26 Å². The highest BCUT2D eigenvalue weighted by molar-refractivity contribution is 7.98. The van der Waals surface area contributed by atoms with Gasteiger partial charge in [-0.15, -0.1) is 0 Å². The maximum absolute atomic E-state index is 12.2. The molecule has 2 rings (SSSR count). The summed E-state index contributed by atoms with van der Waals surface area (Å²) in [5.74, 6) is 1.50. The van der Waals surface area contributed by atoms with E-state index in [1.807, 2.05) is 11.8 Å². The summed E-state index contributed by atoms with van der Waals surface area (Å²) >= 11 is 1.86. The van der Waals surface area contributed by atoms with Crippen molar-refractivity contribution >= 4 is 23.6 Å². The molecule has 2 heterocycles. The SMILES string of the molecule is CSCCCCCN1CC(=O)N2CCCC2C1=O. The molecule has 4 nitrogen and oxygen atoms in total. The molecule has 0 spiro atoms. The molecule has 5 heteroatoms. The highest BCUT2D eigenvalue weighted by Crippen LogP contribution is 2.23. The van der Waals surface area contributed by atoms with Crippen LogP contribution in [0, 0.1) is 0 Å². The Bertz CT molecular complexity index is 322. The molecule has 0 bridgehead atoms. The van der Waals surface area contributed by atoms with Crippen molar-refractivity contribution in [1.29, 1.82) is 0 Å². The molecule has 0 N–H and O–H groups in total. The van der Waals surface area contributed by atoms with Crippen molar-refractivity contribution in [3.63, 3.8) is 0 Å². The first-order valence-electron chi connectivity index (χ1n) is 6.81. The Labute approximate surface area is 113 Å². The van der Waals surface area contributed by atoms with Crippen LogP contribution in [-0.4, -0.2) is 59.3 Å². The molecule has 1 atom stereocenters. The maximum Gasteiger partial charge on any atom is 0.245 e. The smallest absolute Gasteiger partial charge is 0.245 e. The summed E-state index contributed by atoms with van der Waals surface area (Å²) < 4.78 is 0. The topological polar surface area (TPSA) is 40.6 Å². The van der Waals surface area contributed by atoms with Gasteiger partial charge in [-0.1, -0.05) is 6.42 Å². The van der Waals surface area contributed by atoms with E-state index >= 15 is 0 Å². The van der Waals surface area contributed by atoms with Gasteiger partial charge < -0.3 is 9.80 Å². The second-order valence-corrected chi connectivity index (χ2v) is 6.04. The number of unbranched alkanes of at least 4 members (excludes halogenated alkanes) is 2. The van der Waals surface area contributed by atoms with Crippen molar-refractivity contribution in [3.05, 3.63) is 0 Å². The van der Waals surface area contributed by atoms with Crippen LogP contribution in [0.3, 0.4) is 0 Å². The molecule has 0 aliphatic carbocycles. The third-order valence-corrected chi connectivity index (χ3v) is 4.47. The van der Waals surface area contributed by atoms with Crippen LogP contribution in [0.4, 0.5) is 0 Å². The summed E-state index contributed by atoms with van der Waals surface area (Å²) in [6, 6.07) is -0.141. The number of carbonyl (C=O) groups excluding carboxylic acids is 2. The molecule has 2 fully saturated rings.